The van der Waals surface area contributed by atoms with Crippen LogP contribution in [0.3, 0.4) is 0 Å². The lowest BCUT2D eigenvalue weighted by atomic mass is 10.2. The van der Waals surface area contributed by atoms with Crippen LogP contribution >= 0.6 is 27.7 Å². The van der Waals surface area contributed by atoms with Gasteiger partial charge in [0.05, 0.1) is 30.4 Å². The molecule has 0 radical (unpaired) electrons. The van der Waals surface area contributed by atoms with Crippen molar-refractivity contribution in [2.45, 2.75) is 0 Å². The summed E-state index contributed by atoms with van der Waals surface area (Å²) in [7, 11) is 4.42. The van der Waals surface area contributed by atoms with Crippen LogP contribution in [0.5, 0.6) is 11.5 Å². The minimum Gasteiger partial charge on any atom is -0.504 e. The number of rotatable bonds is 4. The van der Waals surface area contributed by atoms with Crippen LogP contribution in [0.2, 0.25) is 0 Å². The molecule has 0 saturated carbocycles. The number of benzene rings is 2. The molecule has 9 heteroatoms. The predicted octanol–water partition coefficient (Wildman–Crippen LogP) is 4.18. The van der Waals surface area contributed by atoms with E-state index in [-0.39, 0.29) is 11.7 Å². The molecule has 0 aromatic heterocycles. The Hall–Kier alpha value is -2.78. The molecule has 0 aliphatic carbocycles. The molecule has 1 aliphatic rings. The fraction of sp³-hybridized carbons (Fsp3) is 0.150. The summed E-state index contributed by atoms with van der Waals surface area (Å²) < 4.78 is 10.4. The van der Waals surface area contributed by atoms with Crippen LogP contribution in [0.1, 0.15) is 15.9 Å². The van der Waals surface area contributed by atoms with Gasteiger partial charge in [0, 0.05) is 11.5 Å². The summed E-state index contributed by atoms with van der Waals surface area (Å²) in [6.45, 7) is 0. The van der Waals surface area contributed by atoms with Gasteiger partial charge in [-0.05, 0) is 59.8 Å². The number of hydrogen-bond acceptors (Lipinski definition) is 7. The number of carbonyl (C=O) groups excluding carboxylic acids is 2. The number of phenols is 1. The molecule has 29 heavy (non-hydrogen) atoms. The van der Waals surface area contributed by atoms with Crippen molar-refractivity contribution in [3.8, 4) is 11.5 Å². The molecule has 150 valence electrons. The van der Waals surface area contributed by atoms with Gasteiger partial charge in [-0.2, -0.15) is 0 Å². The first-order valence-electron chi connectivity index (χ1n) is 8.35. The first-order valence-corrected chi connectivity index (χ1v) is 9.96. The second-order valence-electron chi connectivity index (χ2n) is 5.95. The van der Waals surface area contributed by atoms with Crippen molar-refractivity contribution in [3.63, 3.8) is 0 Å². The summed E-state index contributed by atoms with van der Waals surface area (Å²) in [6, 6.07) is 9.74. The quantitative estimate of drug-likeness (QED) is 0.525. The van der Waals surface area contributed by atoms with Crippen molar-refractivity contribution in [2.24, 2.45) is 4.99 Å². The third-order valence-electron chi connectivity index (χ3n) is 4.10. The van der Waals surface area contributed by atoms with Crippen molar-refractivity contribution in [3.05, 3.63) is 56.9 Å². The zero-order valence-electron chi connectivity index (χ0n) is 15.8. The molecule has 1 heterocycles. The number of amidine groups is 1. The van der Waals surface area contributed by atoms with Gasteiger partial charge in [-0.1, -0.05) is 15.9 Å². The zero-order valence-corrected chi connectivity index (χ0v) is 18.2. The average molecular weight is 477 g/mol. The maximum absolute atomic E-state index is 12.6. The Balaban J connectivity index is 1.89. The molecule has 1 aliphatic heterocycles. The first-order chi connectivity index (χ1) is 13.8. The van der Waals surface area contributed by atoms with Crippen LogP contribution in [-0.2, 0) is 9.53 Å². The molecule has 3 rings (SSSR count). The van der Waals surface area contributed by atoms with E-state index in [1.165, 1.54) is 36.9 Å². The van der Waals surface area contributed by atoms with Gasteiger partial charge in [-0.25, -0.2) is 9.79 Å². The Morgan fingerprint density at radius 3 is 2.55 bits per heavy atom. The summed E-state index contributed by atoms with van der Waals surface area (Å²) in [6.07, 6.45) is 1.71. The van der Waals surface area contributed by atoms with Gasteiger partial charge in [0.25, 0.3) is 5.91 Å². The molecule has 0 bridgehead atoms. The Morgan fingerprint density at radius 1 is 1.24 bits per heavy atom. The number of amides is 1. The molecular weight excluding hydrogens is 460 g/mol. The molecule has 2 aromatic carbocycles. The van der Waals surface area contributed by atoms with E-state index in [1.54, 1.807) is 43.5 Å². The highest BCUT2D eigenvalue weighted by molar-refractivity contribution is 9.10. The molecule has 0 atom stereocenters. The molecule has 2 aromatic rings. The molecule has 1 N–H and O–H groups in total. The highest BCUT2D eigenvalue weighted by Crippen LogP contribution is 2.37. The third-order valence-corrected chi connectivity index (χ3v) is 5.85. The van der Waals surface area contributed by atoms with E-state index in [4.69, 9.17) is 4.74 Å². The number of methoxy groups -OCH3 is 2. The van der Waals surface area contributed by atoms with Crippen LogP contribution in [0.4, 0.5) is 5.69 Å². The van der Waals surface area contributed by atoms with E-state index in [0.717, 1.165) is 0 Å². The Morgan fingerprint density at radius 2 is 1.93 bits per heavy atom. The fourth-order valence-electron chi connectivity index (χ4n) is 2.53. The summed E-state index contributed by atoms with van der Waals surface area (Å²) in [5.74, 6) is -0.309. The number of carbonyl (C=O) groups is 2. The van der Waals surface area contributed by atoms with Gasteiger partial charge < -0.3 is 14.6 Å². The second kappa shape index (κ2) is 8.71. The number of hydrogen-bond donors (Lipinski definition) is 1. The molecule has 1 amide bonds. The minimum absolute atomic E-state index is 0.00157. The highest BCUT2D eigenvalue weighted by atomic mass is 79.9. The fourth-order valence-corrected chi connectivity index (χ4v) is 3.95. The predicted molar refractivity (Wildman–Crippen MR) is 116 cm³/mol. The molecule has 0 unspecified atom stereocenters. The van der Waals surface area contributed by atoms with Crippen LogP contribution < -0.4 is 4.74 Å². The van der Waals surface area contributed by atoms with Crippen LogP contribution in [0.25, 0.3) is 6.08 Å². The number of ether oxygens (including phenoxy) is 2. The van der Waals surface area contributed by atoms with Crippen LogP contribution in [-0.4, -0.2) is 48.3 Å². The van der Waals surface area contributed by atoms with E-state index in [2.05, 4.69) is 25.7 Å². The number of aliphatic imine (C=N–C) groups is 1. The number of halogens is 1. The molecule has 1 saturated heterocycles. The average Bonchev–Trinajstić information content (AvgIpc) is 2.97. The van der Waals surface area contributed by atoms with Crippen molar-refractivity contribution < 1.29 is 24.2 Å². The van der Waals surface area contributed by atoms with E-state index in [0.29, 0.717) is 37.1 Å². The van der Waals surface area contributed by atoms with Crippen molar-refractivity contribution in [1.29, 1.82) is 0 Å². The molecule has 1 fully saturated rings. The normalized spacial score (nSPS) is 16.6. The number of thioether (sulfide) groups is 1. The zero-order chi connectivity index (χ0) is 21.1. The first kappa shape index (κ1) is 20.9. The Labute approximate surface area is 180 Å². The maximum Gasteiger partial charge on any atom is 0.337 e. The summed E-state index contributed by atoms with van der Waals surface area (Å²) >= 11 is 4.61. The Kier molecular flexibility index (Phi) is 6.29. The van der Waals surface area contributed by atoms with E-state index in [9.17, 15) is 14.7 Å². The van der Waals surface area contributed by atoms with Gasteiger partial charge in [-0.15, -0.1) is 0 Å². The van der Waals surface area contributed by atoms with Crippen LogP contribution in [0.15, 0.2) is 50.8 Å². The summed E-state index contributed by atoms with van der Waals surface area (Å²) in [5, 5.41) is 10.4. The van der Waals surface area contributed by atoms with Gasteiger partial charge in [0.1, 0.15) is 0 Å². The molecule has 7 nitrogen and oxygen atoms in total. The number of aromatic hydroxyl groups is 1. The lowest BCUT2D eigenvalue weighted by Crippen LogP contribution is -2.23. The highest BCUT2D eigenvalue weighted by Gasteiger charge is 2.30. The lowest BCUT2D eigenvalue weighted by molar-refractivity contribution is -0.121. The second-order valence-corrected chi connectivity index (χ2v) is 7.82. The Bertz CT molecular complexity index is 1030. The van der Waals surface area contributed by atoms with Gasteiger partial charge in [-0.3, -0.25) is 9.69 Å². The molecule has 0 spiro atoms. The van der Waals surface area contributed by atoms with Gasteiger partial charge in [0.15, 0.2) is 16.7 Å². The van der Waals surface area contributed by atoms with Crippen LogP contribution in [0, 0.1) is 0 Å². The number of phenolic OH excluding ortho intramolecular Hbond substituents is 1. The maximum atomic E-state index is 12.6. The smallest absolute Gasteiger partial charge is 0.337 e. The topological polar surface area (TPSA) is 88.4 Å². The summed E-state index contributed by atoms with van der Waals surface area (Å²) in [5.41, 5.74) is 1.72. The summed E-state index contributed by atoms with van der Waals surface area (Å²) in [4.78, 5) is 30.6. The van der Waals surface area contributed by atoms with E-state index < -0.39 is 5.97 Å². The van der Waals surface area contributed by atoms with Crippen molar-refractivity contribution in [2.75, 3.05) is 21.3 Å². The van der Waals surface area contributed by atoms with Crippen molar-refractivity contribution >= 4 is 56.5 Å². The number of nitrogens with zero attached hydrogens (tertiary/aromatic N) is 2. The van der Waals surface area contributed by atoms with Gasteiger partial charge >= 0.3 is 5.97 Å². The third kappa shape index (κ3) is 4.46. The van der Waals surface area contributed by atoms with Gasteiger partial charge in [0.2, 0.25) is 0 Å². The monoisotopic (exact) mass is 476 g/mol. The minimum atomic E-state index is -0.424. The SMILES string of the molecule is COC(=O)c1ccc(N=C2SC(=Cc3cc(OC)c(O)cc3Br)C(=O)N2C)cc1. The van der Waals surface area contributed by atoms with Crippen molar-refractivity contribution in [1.82, 2.24) is 4.90 Å². The van der Waals surface area contributed by atoms with E-state index in [1.807, 2.05) is 0 Å². The number of likely N-dealkylation sites (N-methyl/N-ethyl adjacent to an activating group) is 1. The standard InChI is InChI=1S/C20H17BrN2O5S/c1-23-18(25)17(9-12-8-16(27-2)15(24)10-14(12)21)29-20(23)22-13-6-4-11(5-7-13)19(26)28-3/h4-10,24H,1-3H3. The largest absolute Gasteiger partial charge is 0.504 e. The molecular formula is C20H17BrN2O5S. The number of esters is 1. The lowest BCUT2D eigenvalue weighted by Gasteiger charge is -2.07. The van der Waals surface area contributed by atoms with E-state index >= 15 is 0 Å².